The van der Waals surface area contributed by atoms with Crippen molar-refractivity contribution in [2.75, 3.05) is 6.54 Å². The van der Waals surface area contributed by atoms with Crippen LogP contribution < -0.4 is 5.32 Å². The molecule has 0 aromatic carbocycles. The zero-order chi connectivity index (χ0) is 10.3. The number of nitrogens with one attached hydrogen (secondary N) is 1. The van der Waals surface area contributed by atoms with Crippen molar-refractivity contribution in [3.05, 3.63) is 24.2 Å². The Kier molecular flexibility index (Phi) is 1.85. The number of rotatable bonds is 1. The molecule has 1 N–H and O–H groups in total. The van der Waals surface area contributed by atoms with E-state index in [0.29, 0.717) is 6.04 Å². The van der Waals surface area contributed by atoms with Crippen LogP contribution in [0, 0.1) is 0 Å². The lowest BCUT2D eigenvalue weighted by atomic mass is 10.2. The molecule has 2 aromatic heterocycles. The van der Waals surface area contributed by atoms with Gasteiger partial charge in [0.25, 0.3) is 0 Å². The molecule has 0 spiro atoms. The highest BCUT2D eigenvalue weighted by molar-refractivity contribution is 5.47. The van der Waals surface area contributed by atoms with Gasteiger partial charge in [-0.15, -0.1) is 10.2 Å². The number of aromatic nitrogens is 3. The number of nitrogens with zero attached hydrogens (tertiary/aromatic N) is 3. The maximum atomic E-state index is 5.35. The summed E-state index contributed by atoms with van der Waals surface area (Å²) < 4.78 is 7.48. The van der Waals surface area contributed by atoms with E-state index in [9.17, 15) is 0 Å². The predicted molar refractivity (Wildman–Crippen MR) is 54.1 cm³/mol. The molecule has 0 saturated carbocycles. The van der Waals surface area contributed by atoms with Gasteiger partial charge in [-0.1, -0.05) is 0 Å². The molecule has 0 aliphatic carbocycles. The molecule has 0 radical (unpaired) electrons. The first-order valence-electron chi connectivity index (χ1n) is 5.04. The van der Waals surface area contributed by atoms with Crippen LogP contribution in [-0.4, -0.2) is 21.3 Å². The van der Waals surface area contributed by atoms with Crippen LogP contribution in [0.1, 0.15) is 18.8 Å². The highest BCUT2D eigenvalue weighted by atomic mass is 16.3. The van der Waals surface area contributed by atoms with E-state index in [1.165, 1.54) is 0 Å². The Balaban J connectivity index is 2.14. The second-order valence-corrected chi connectivity index (χ2v) is 3.77. The number of hydrogen-bond acceptors (Lipinski definition) is 4. The van der Waals surface area contributed by atoms with Gasteiger partial charge in [0.1, 0.15) is 5.82 Å². The van der Waals surface area contributed by atoms with Crippen LogP contribution >= 0.6 is 0 Å². The molecule has 1 aliphatic heterocycles. The number of furan rings is 1. The number of fused-ring (bicyclic) bond motifs is 1. The van der Waals surface area contributed by atoms with E-state index in [-0.39, 0.29) is 0 Å². The Morgan fingerprint density at radius 3 is 3.27 bits per heavy atom. The SMILES string of the molecule is CC1CNCc2nnc(-c3ccco3)n21. The average Bonchev–Trinajstić information content (AvgIpc) is 2.85. The van der Waals surface area contributed by atoms with E-state index < -0.39 is 0 Å². The highest BCUT2D eigenvalue weighted by Gasteiger charge is 2.22. The highest BCUT2D eigenvalue weighted by Crippen LogP contribution is 2.24. The quantitative estimate of drug-likeness (QED) is 0.758. The fourth-order valence-corrected chi connectivity index (χ4v) is 1.97. The normalized spacial score (nSPS) is 20.2. The summed E-state index contributed by atoms with van der Waals surface area (Å²) in [5.74, 6) is 2.58. The summed E-state index contributed by atoms with van der Waals surface area (Å²) in [7, 11) is 0. The molecular weight excluding hydrogens is 192 g/mol. The van der Waals surface area contributed by atoms with Crippen LogP contribution in [0.4, 0.5) is 0 Å². The molecule has 0 fully saturated rings. The first-order valence-corrected chi connectivity index (χ1v) is 5.04. The van der Waals surface area contributed by atoms with Crippen LogP contribution in [0.3, 0.4) is 0 Å². The molecule has 0 bridgehead atoms. The molecule has 1 atom stereocenters. The molecule has 3 heterocycles. The molecule has 5 heteroatoms. The van der Waals surface area contributed by atoms with Gasteiger partial charge in [0, 0.05) is 12.6 Å². The largest absolute Gasteiger partial charge is 0.461 e. The fourth-order valence-electron chi connectivity index (χ4n) is 1.97. The summed E-state index contributed by atoms with van der Waals surface area (Å²) in [4.78, 5) is 0. The molecule has 1 aliphatic rings. The van der Waals surface area contributed by atoms with Crippen LogP contribution in [-0.2, 0) is 6.54 Å². The maximum Gasteiger partial charge on any atom is 0.200 e. The van der Waals surface area contributed by atoms with E-state index in [2.05, 4.69) is 27.0 Å². The second-order valence-electron chi connectivity index (χ2n) is 3.77. The Morgan fingerprint density at radius 2 is 2.47 bits per heavy atom. The van der Waals surface area contributed by atoms with Gasteiger partial charge in [-0.25, -0.2) is 0 Å². The monoisotopic (exact) mass is 204 g/mol. The summed E-state index contributed by atoms with van der Waals surface area (Å²) in [6.07, 6.45) is 1.66. The summed E-state index contributed by atoms with van der Waals surface area (Å²) in [6, 6.07) is 4.14. The van der Waals surface area contributed by atoms with Gasteiger partial charge in [0.05, 0.1) is 12.8 Å². The standard InChI is InChI=1S/C10H12N4O/c1-7-5-11-6-9-12-13-10(14(7)9)8-3-2-4-15-8/h2-4,7,11H,5-6H2,1H3. The van der Waals surface area contributed by atoms with E-state index in [1.807, 2.05) is 12.1 Å². The molecule has 0 saturated heterocycles. The summed E-state index contributed by atoms with van der Waals surface area (Å²) >= 11 is 0. The molecule has 15 heavy (non-hydrogen) atoms. The van der Waals surface area contributed by atoms with Crippen molar-refractivity contribution in [1.82, 2.24) is 20.1 Å². The van der Waals surface area contributed by atoms with Crippen LogP contribution in [0.25, 0.3) is 11.6 Å². The third kappa shape index (κ3) is 1.27. The van der Waals surface area contributed by atoms with Crippen molar-refractivity contribution >= 4 is 0 Å². The lowest BCUT2D eigenvalue weighted by Gasteiger charge is -2.22. The Morgan fingerprint density at radius 1 is 1.53 bits per heavy atom. The van der Waals surface area contributed by atoms with Crippen molar-refractivity contribution in [3.63, 3.8) is 0 Å². The van der Waals surface area contributed by atoms with E-state index in [1.54, 1.807) is 6.26 Å². The topological polar surface area (TPSA) is 55.9 Å². The zero-order valence-electron chi connectivity index (χ0n) is 8.47. The molecule has 3 rings (SSSR count). The van der Waals surface area contributed by atoms with Gasteiger partial charge in [-0.3, -0.25) is 0 Å². The first kappa shape index (κ1) is 8.67. The smallest absolute Gasteiger partial charge is 0.200 e. The van der Waals surface area contributed by atoms with Gasteiger partial charge in [0.2, 0.25) is 0 Å². The average molecular weight is 204 g/mol. The molecule has 0 amide bonds. The van der Waals surface area contributed by atoms with Crippen LogP contribution in [0.15, 0.2) is 22.8 Å². The summed E-state index contributed by atoms with van der Waals surface area (Å²) in [5.41, 5.74) is 0. The minimum absolute atomic E-state index is 0.365. The summed E-state index contributed by atoms with van der Waals surface area (Å²) in [6.45, 7) is 3.86. The lowest BCUT2D eigenvalue weighted by molar-refractivity contribution is 0.421. The Labute approximate surface area is 87.1 Å². The van der Waals surface area contributed by atoms with Crippen molar-refractivity contribution in [2.24, 2.45) is 0 Å². The molecule has 1 unspecified atom stereocenters. The third-order valence-corrected chi connectivity index (χ3v) is 2.67. The first-order chi connectivity index (χ1) is 7.36. The Bertz CT molecular complexity index is 460. The van der Waals surface area contributed by atoms with E-state index >= 15 is 0 Å². The third-order valence-electron chi connectivity index (χ3n) is 2.67. The maximum absolute atomic E-state index is 5.35. The number of hydrogen-bond donors (Lipinski definition) is 1. The van der Waals surface area contributed by atoms with Crippen molar-refractivity contribution < 1.29 is 4.42 Å². The van der Waals surface area contributed by atoms with E-state index in [0.717, 1.165) is 30.5 Å². The van der Waals surface area contributed by atoms with E-state index in [4.69, 9.17) is 4.42 Å². The molecule has 5 nitrogen and oxygen atoms in total. The zero-order valence-corrected chi connectivity index (χ0v) is 8.47. The molecular formula is C10H12N4O. The van der Waals surface area contributed by atoms with Crippen LogP contribution in [0.2, 0.25) is 0 Å². The summed E-state index contributed by atoms with van der Waals surface area (Å²) in [5, 5.41) is 11.6. The minimum Gasteiger partial charge on any atom is -0.461 e. The Hall–Kier alpha value is -1.62. The van der Waals surface area contributed by atoms with Crippen molar-refractivity contribution in [3.8, 4) is 11.6 Å². The second kappa shape index (κ2) is 3.20. The molecule has 78 valence electrons. The fraction of sp³-hybridized carbons (Fsp3) is 0.400. The predicted octanol–water partition coefficient (Wildman–Crippen LogP) is 1.20. The van der Waals surface area contributed by atoms with Crippen molar-refractivity contribution in [2.45, 2.75) is 19.5 Å². The van der Waals surface area contributed by atoms with Crippen molar-refractivity contribution in [1.29, 1.82) is 0 Å². The van der Waals surface area contributed by atoms with Gasteiger partial charge >= 0.3 is 0 Å². The van der Waals surface area contributed by atoms with Gasteiger partial charge < -0.3 is 14.3 Å². The van der Waals surface area contributed by atoms with Gasteiger partial charge in [-0.2, -0.15) is 0 Å². The van der Waals surface area contributed by atoms with Gasteiger partial charge in [-0.05, 0) is 19.1 Å². The lowest BCUT2D eigenvalue weighted by Crippen LogP contribution is -2.31. The minimum atomic E-state index is 0.365. The van der Waals surface area contributed by atoms with Gasteiger partial charge in [0.15, 0.2) is 11.6 Å². The molecule has 2 aromatic rings. The van der Waals surface area contributed by atoms with Crippen LogP contribution in [0.5, 0.6) is 0 Å².